The minimum absolute atomic E-state index is 0.181. The van der Waals surface area contributed by atoms with Gasteiger partial charge in [0.05, 0.1) is 0 Å². The predicted molar refractivity (Wildman–Crippen MR) is 109 cm³/mol. The van der Waals surface area contributed by atoms with E-state index in [2.05, 4.69) is 16.3 Å². The Morgan fingerprint density at radius 1 is 0.926 bits per heavy atom. The molecule has 0 aliphatic carbocycles. The molecule has 0 spiro atoms. The first-order valence-electron chi connectivity index (χ1n) is 8.80. The van der Waals surface area contributed by atoms with Gasteiger partial charge in [-0.15, -0.1) is 0 Å². The Hall–Kier alpha value is -1.08. The summed E-state index contributed by atoms with van der Waals surface area (Å²) >= 11 is 2.63. The van der Waals surface area contributed by atoms with Crippen LogP contribution in [0.15, 0.2) is 42.5 Å². The van der Waals surface area contributed by atoms with Crippen LogP contribution < -0.4 is 14.2 Å². The van der Waals surface area contributed by atoms with E-state index >= 15 is 0 Å². The molecular weight excluding hydrogens is 374 g/mol. The van der Waals surface area contributed by atoms with Gasteiger partial charge in [-0.2, -0.15) is 0 Å². The maximum atomic E-state index is 11.0. The van der Waals surface area contributed by atoms with Gasteiger partial charge < -0.3 is 19.5 Å². The monoisotopic (exact) mass is 402 g/mol. The van der Waals surface area contributed by atoms with Gasteiger partial charge in [0.1, 0.15) is 5.75 Å². The molecular formula is C21H28AlO4P. The van der Waals surface area contributed by atoms with E-state index in [4.69, 9.17) is 0 Å². The van der Waals surface area contributed by atoms with Crippen molar-refractivity contribution in [1.29, 1.82) is 0 Å². The molecule has 2 rings (SSSR count). The second-order valence-electron chi connectivity index (χ2n) is 8.72. The molecule has 0 aromatic heterocycles. The molecule has 0 amide bonds. The molecule has 0 saturated carbocycles. The van der Waals surface area contributed by atoms with Gasteiger partial charge in [-0.3, -0.25) is 0 Å². The quantitative estimate of drug-likeness (QED) is 0.619. The van der Waals surface area contributed by atoms with Crippen LogP contribution in [0.1, 0.15) is 58.2 Å². The van der Waals surface area contributed by atoms with E-state index in [1.54, 1.807) is 12.1 Å². The molecule has 0 unspecified atom stereocenters. The third kappa shape index (κ3) is 8.22. The number of phenolic OH excluding ortho intramolecular Hbond substituents is 1. The van der Waals surface area contributed by atoms with Gasteiger partial charge in [0.2, 0.25) is 0 Å². The zero-order chi connectivity index (χ0) is 21.0. The summed E-state index contributed by atoms with van der Waals surface area (Å²) in [5.74, 6) is 0.181. The fourth-order valence-corrected chi connectivity index (χ4v) is 3.46. The van der Waals surface area contributed by atoms with Gasteiger partial charge in [-0.25, -0.2) is 0 Å². The molecule has 0 saturated heterocycles. The fraction of sp³-hybridized carbons (Fsp3) is 0.429. The number of hydrogen-bond donors (Lipinski definition) is 1. The summed E-state index contributed by atoms with van der Waals surface area (Å²) in [5.41, 5.74) is 1.08. The number of hydrogen-bond acceptors (Lipinski definition) is 4. The summed E-state index contributed by atoms with van der Waals surface area (Å²) in [6.45, 7) is 11.6. The van der Waals surface area contributed by atoms with Gasteiger partial charge in [-0.05, 0) is 27.5 Å². The third-order valence-corrected chi connectivity index (χ3v) is 5.10. The molecule has 4 nitrogen and oxygen atoms in total. The number of rotatable bonds is 2. The molecule has 2 aromatic carbocycles. The molecule has 144 valence electrons. The summed E-state index contributed by atoms with van der Waals surface area (Å²) in [4.78, 5) is 22.0. The van der Waals surface area contributed by atoms with Gasteiger partial charge >= 0.3 is 51.0 Å². The predicted octanol–water partition coefficient (Wildman–Crippen LogP) is 2.88. The molecule has 0 atom stereocenters. The Kier molecular flexibility index (Phi) is 7.94. The number of aromatic hydroxyl groups is 1. The average molecular weight is 402 g/mol. The summed E-state index contributed by atoms with van der Waals surface area (Å²) in [5, 5.41) is 10.5. The van der Waals surface area contributed by atoms with Crippen molar-refractivity contribution < 1.29 is 19.5 Å². The molecule has 0 radical (unpaired) electrons. The Balaban J connectivity index is 0.000000433. The zero-order valence-electron chi connectivity index (χ0n) is 16.9. The van der Waals surface area contributed by atoms with Gasteiger partial charge in [0, 0.05) is 6.16 Å². The van der Waals surface area contributed by atoms with Crippen LogP contribution in [0.2, 0.25) is 0 Å². The van der Waals surface area contributed by atoms with Crippen LogP contribution in [-0.2, 0) is 21.6 Å². The molecule has 27 heavy (non-hydrogen) atoms. The van der Waals surface area contributed by atoms with Crippen LogP contribution in [0.3, 0.4) is 0 Å². The average Bonchev–Trinajstić information content (AvgIpc) is 2.46. The molecule has 0 aliphatic rings. The summed E-state index contributed by atoms with van der Waals surface area (Å²) in [6.07, 6.45) is -0.528. The van der Waals surface area contributed by atoms with E-state index in [-0.39, 0.29) is 16.6 Å². The van der Waals surface area contributed by atoms with E-state index in [1.165, 1.54) is 4.43 Å². The van der Waals surface area contributed by atoms with Crippen molar-refractivity contribution in [1.82, 2.24) is 0 Å². The van der Waals surface area contributed by atoms with Crippen LogP contribution in [0.4, 0.5) is 0 Å². The Bertz CT molecular complexity index is 764. The number of phenols is 1. The fourth-order valence-electron chi connectivity index (χ4n) is 2.61. The SMILES string of the molecule is CC(C)(C)c1cc(CP(=O)([O-])[O-])cc(C(C)(C)C)c1O.[Al+2][c]1ccccc1. The van der Waals surface area contributed by atoms with Crippen molar-refractivity contribution >= 4 is 28.3 Å². The van der Waals surface area contributed by atoms with Crippen molar-refractivity contribution in [3.63, 3.8) is 0 Å². The van der Waals surface area contributed by atoms with E-state index < -0.39 is 13.8 Å². The molecule has 0 aliphatic heterocycles. The van der Waals surface area contributed by atoms with Crippen LogP contribution >= 0.6 is 7.60 Å². The Labute approximate surface area is 171 Å². The normalized spacial score (nSPS) is 12.4. The van der Waals surface area contributed by atoms with E-state index in [9.17, 15) is 19.5 Å². The van der Waals surface area contributed by atoms with Crippen molar-refractivity contribution in [3.8, 4) is 5.75 Å². The van der Waals surface area contributed by atoms with Crippen molar-refractivity contribution in [3.05, 3.63) is 59.2 Å². The second kappa shape index (κ2) is 8.95. The van der Waals surface area contributed by atoms with Crippen molar-refractivity contribution in [2.75, 3.05) is 0 Å². The van der Waals surface area contributed by atoms with Crippen LogP contribution in [-0.4, -0.2) is 21.4 Å². The van der Waals surface area contributed by atoms with Crippen molar-refractivity contribution in [2.24, 2.45) is 0 Å². The maximum absolute atomic E-state index is 11.0. The van der Waals surface area contributed by atoms with Crippen LogP contribution in [0, 0.1) is 0 Å². The van der Waals surface area contributed by atoms with Gasteiger partial charge in [0.15, 0.2) is 0 Å². The van der Waals surface area contributed by atoms with Crippen LogP contribution in [0.5, 0.6) is 5.75 Å². The number of benzene rings is 2. The molecule has 6 heteroatoms. The van der Waals surface area contributed by atoms with Crippen molar-refractivity contribution in [2.45, 2.75) is 58.5 Å². The molecule has 0 heterocycles. The van der Waals surface area contributed by atoms with Gasteiger partial charge in [0.25, 0.3) is 0 Å². The molecule has 0 fully saturated rings. The standard InChI is InChI=1S/C15H25O4P.C6H5.Al/c1-14(2,3)11-7-10(9-20(17,18)19)8-12(13(11)16)15(4,5)6;1-2-4-6-5-3-1;/h7-8,16H,9H2,1-6H3,(H2,17,18,19);1-5H;/q;;+2/p-2. The summed E-state index contributed by atoms with van der Waals surface area (Å²) in [7, 11) is -4.63. The summed E-state index contributed by atoms with van der Waals surface area (Å²) < 4.78 is 12.3. The van der Waals surface area contributed by atoms with Crippen LogP contribution in [0.25, 0.3) is 0 Å². The molecule has 0 bridgehead atoms. The summed E-state index contributed by atoms with van der Waals surface area (Å²) in [6, 6.07) is 13.4. The first-order chi connectivity index (χ1) is 12.1. The third-order valence-electron chi connectivity index (χ3n) is 3.96. The topological polar surface area (TPSA) is 83.4 Å². The first-order valence-corrected chi connectivity index (χ1v) is 11.1. The minimum atomic E-state index is -4.63. The molecule has 1 N–H and O–H groups in total. The Morgan fingerprint density at radius 2 is 1.33 bits per heavy atom. The van der Waals surface area contributed by atoms with Gasteiger partial charge in [-0.1, -0.05) is 61.3 Å². The molecule has 2 aromatic rings. The van der Waals surface area contributed by atoms with E-state index in [1.807, 2.05) is 71.9 Å². The van der Waals surface area contributed by atoms with E-state index in [0.717, 1.165) is 0 Å². The van der Waals surface area contributed by atoms with E-state index in [0.29, 0.717) is 16.7 Å². The second-order valence-corrected chi connectivity index (χ2v) is 10.9. The zero-order valence-corrected chi connectivity index (χ0v) is 19.0. The first kappa shape index (κ1) is 24.0. The Morgan fingerprint density at radius 3 is 1.59 bits per heavy atom.